The van der Waals surface area contributed by atoms with Crippen molar-refractivity contribution in [2.45, 2.75) is 33.1 Å². The molecule has 0 saturated carbocycles. The third kappa shape index (κ3) is 10.1. The van der Waals surface area contributed by atoms with Gasteiger partial charge in [-0.2, -0.15) is 0 Å². The van der Waals surface area contributed by atoms with Crippen LogP contribution in [0.25, 0.3) is 0 Å². The van der Waals surface area contributed by atoms with Crippen LogP contribution in [0.1, 0.15) is 33.1 Å². The molecular weight excluding hydrogens is 215 g/mol. The minimum absolute atomic E-state index is 0.118. The summed E-state index contributed by atoms with van der Waals surface area (Å²) >= 11 is 0. The zero-order chi connectivity index (χ0) is 11.9. The lowest BCUT2D eigenvalue weighted by Crippen LogP contribution is -2.05. The van der Waals surface area contributed by atoms with Crippen LogP contribution in [-0.2, 0) is 9.09 Å². The molecule has 2 atom stereocenters. The molecule has 0 aliphatic heterocycles. The van der Waals surface area contributed by atoms with Gasteiger partial charge in [0, 0.05) is 0 Å². The quantitative estimate of drug-likeness (QED) is 0.502. The summed E-state index contributed by atoms with van der Waals surface area (Å²) in [5, 5.41) is 0. The second kappa shape index (κ2) is 7.18. The first-order chi connectivity index (χ1) is 6.85. The third-order valence-corrected chi connectivity index (χ3v) is 2.77. The first-order valence-corrected chi connectivity index (χ1v) is 6.71. The summed E-state index contributed by atoms with van der Waals surface area (Å²) in [5.74, 6) is 0.676. The molecule has 0 heterocycles. The van der Waals surface area contributed by atoms with Gasteiger partial charge in [0.1, 0.15) is 0 Å². The van der Waals surface area contributed by atoms with Crippen LogP contribution in [0.5, 0.6) is 0 Å². The Balaban J connectivity index is 3.53. The zero-order valence-electron chi connectivity index (χ0n) is 9.43. The lowest BCUT2D eigenvalue weighted by atomic mass is 9.99. The molecule has 0 aliphatic carbocycles. The molecule has 2 unspecified atom stereocenters. The number of allylic oxidation sites excluding steroid dienone is 1. The topological polar surface area (TPSA) is 66.8 Å². The summed E-state index contributed by atoms with van der Waals surface area (Å²) in [6.07, 6.45) is 4.91. The largest absolute Gasteiger partial charge is 0.469 e. The Labute approximate surface area is 91.6 Å². The van der Waals surface area contributed by atoms with Crippen molar-refractivity contribution >= 4 is 7.82 Å². The highest BCUT2D eigenvalue weighted by atomic mass is 31.2. The van der Waals surface area contributed by atoms with Gasteiger partial charge in [0.15, 0.2) is 0 Å². The fourth-order valence-corrected chi connectivity index (χ4v) is 1.66. The molecule has 15 heavy (non-hydrogen) atoms. The average molecular weight is 236 g/mol. The maximum Gasteiger partial charge on any atom is 0.469 e. The highest BCUT2D eigenvalue weighted by molar-refractivity contribution is 7.46. The predicted molar refractivity (Wildman–Crippen MR) is 60.4 cm³/mol. The molecule has 0 aliphatic rings. The summed E-state index contributed by atoms with van der Waals surface area (Å²) < 4.78 is 14.8. The van der Waals surface area contributed by atoms with Crippen molar-refractivity contribution in [1.82, 2.24) is 0 Å². The SMILES string of the molecule is C=CC(C)CCCC(C)COP(=O)(O)O. The minimum atomic E-state index is -4.29. The van der Waals surface area contributed by atoms with E-state index in [1.54, 1.807) is 0 Å². The number of phosphoric acid groups is 1. The van der Waals surface area contributed by atoms with E-state index in [-0.39, 0.29) is 12.5 Å². The van der Waals surface area contributed by atoms with E-state index in [9.17, 15) is 4.57 Å². The number of hydrogen-bond donors (Lipinski definition) is 2. The first-order valence-electron chi connectivity index (χ1n) is 5.17. The lowest BCUT2D eigenvalue weighted by Gasteiger charge is -2.13. The van der Waals surface area contributed by atoms with Gasteiger partial charge >= 0.3 is 7.82 Å². The van der Waals surface area contributed by atoms with Crippen molar-refractivity contribution in [3.05, 3.63) is 12.7 Å². The summed E-state index contributed by atoms with van der Waals surface area (Å²) in [6, 6.07) is 0. The number of hydrogen-bond acceptors (Lipinski definition) is 2. The van der Waals surface area contributed by atoms with Crippen molar-refractivity contribution in [3.8, 4) is 0 Å². The van der Waals surface area contributed by atoms with Crippen molar-refractivity contribution in [3.63, 3.8) is 0 Å². The van der Waals surface area contributed by atoms with Gasteiger partial charge in [-0.25, -0.2) is 4.57 Å². The molecule has 0 aromatic carbocycles. The molecule has 90 valence electrons. The number of phosphoric ester groups is 1. The molecule has 0 bridgehead atoms. The Morgan fingerprint density at radius 2 is 2.00 bits per heavy atom. The Kier molecular flexibility index (Phi) is 7.11. The van der Waals surface area contributed by atoms with Crippen LogP contribution in [0.4, 0.5) is 0 Å². The van der Waals surface area contributed by atoms with E-state index in [0.717, 1.165) is 19.3 Å². The minimum Gasteiger partial charge on any atom is -0.303 e. The summed E-state index contributed by atoms with van der Waals surface area (Å²) in [5.41, 5.74) is 0. The van der Waals surface area contributed by atoms with E-state index < -0.39 is 7.82 Å². The van der Waals surface area contributed by atoms with E-state index in [4.69, 9.17) is 9.79 Å². The summed E-state index contributed by atoms with van der Waals surface area (Å²) in [6.45, 7) is 7.84. The molecule has 0 fully saturated rings. The molecule has 0 spiro atoms. The second-order valence-corrected chi connectivity index (χ2v) is 5.27. The van der Waals surface area contributed by atoms with Crippen LogP contribution in [0.3, 0.4) is 0 Å². The second-order valence-electron chi connectivity index (χ2n) is 4.04. The van der Waals surface area contributed by atoms with E-state index in [2.05, 4.69) is 18.0 Å². The highest BCUT2D eigenvalue weighted by Gasteiger charge is 2.15. The molecule has 4 nitrogen and oxygen atoms in total. The van der Waals surface area contributed by atoms with Gasteiger partial charge in [0.05, 0.1) is 6.61 Å². The standard InChI is InChI=1S/C10H21O4P/c1-4-9(2)6-5-7-10(3)8-14-15(11,12)13/h4,9-10H,1,5-8H2,2-3H3,(H2,11,12,13). The Morgan fingerprint density at radius 3 is 2.47 bits per heavy atom. The molecule has 0 aromatic heterocycles. The van der Waals surface area contributed by atoms with Gasteiger partial charge in [0.2, 0.25) is 0 Å². The monoisotopic (exact) mass is 236 g/mol. The highest BCUT2D eigenvalue weighted by Crippen LogP contribution is 2.36. The van der Waals surface area contributed by atoms with Gasteiger partial charge in [-0.1, -0.05) is 26.3 Å². The maximum atomic E-state index is 10.4. The zero-order valence-corrected chi connectivity index (χ0v) is 10.3. The molecular formula is C10H21O4P. The normalized spacial score (nSPS) is 16.0. The molecule has 0 rings (SSSR count). The van der Waals surface area contributed by atoms with Crippen LogP contribution in [0.2, 0.25) is 0 Å². The van der Waals surface area contributed by atoms with E-state index >= 15 is 0 Å². The van der Waals surface area contributed by atoms with Gasteiger partial charge in [-0.05, 0) is 24.7 Å². The van der Waals surface area contributed by atoms with E-state index in [0.29, 0.717) is 5.92 Å². The number of rotatable bonds is 8. The van der Waals surface area contributed by atoms with Crippen LogP contribution in [0, 0.1) is 11.8 Å². The van der Waals surface area contributed by atoms with Gasteiger partial charge < -0.3 is 9.79 Å². The molecule has 0 amide bonds. The molecule has 5 heteroatoms. The Morgan fingerprint density at radius 1 is 1.40 bits per heavy atom. The van der Waals surface area contributed by atoms with Crippen LogP contribution >= 0.6 is 7.82 Å². The van der Waals surface area contributed by atoms with Crippen LogP contribution < -0.4 is 0 Å². The third-order valence-electron chi connectivity index (χ3n) is 2.29. The van der Waals surface area contributed by atoms with Gasteiger partial charge in [0.25, 0.3) is 0 Å². The predicted octanol–water partition coefficient (Wildman–Crippen LogP) is 2.72. The fourth-order valence-electron chi connectivity index (χ4n) is 1.21. The fraction of sp³-hybridized carbons (Fsp3) is 0.800. The molecule has 2 N–H and O–H groups in total. The smallest absolute Gasteiger partial charge is 0.303 e. The molecule has 0 saturated heterocycles. The lowest BCUT2D eigenvalue weighted by molar-refractivity contribution is 0.168. The van der Waals surface area contributed by atoms with Crippen molar-refractivity contribution in [1.29, 1.82) is 0 Å². The van der Waals surface area contributed by atoms with Crippen LogP contribution in [-0.4, -0.2) is 16.4 Å². The van der Waals surface area contributed by atoms with E-state index in [1.807, 2.05) is 13.0 Å². The van der Waals surface area contributed by atoms with Gasteiger partial charge in [-0.3, -0.25) is 4.52 Å². The molecule has 0 radical (unpaired) electrons. The summed E-state index contributed by atoms with van der Waals surface area (Å²) in [7, 11) is -4.29. The Hall–Kier alpha value is -0.150. The van der Waals surface area contributed by atoms with Gasteiger partial charge in [-0.15, -0.1) is 6.58 Å². The van der Waals surface area contributed by atoms with Crippen molar-refractivity contribution in [2.24, 2.45) is 11.8 Å². The van der Waals surface area contributed by atoms with Crippen molar-refractivity contribution in [2.75, 3.05) is 6.61 Å². The average Bonchev–Trinajstić information content (AvgIpc) is 2.13. The maximum absolute atomic E-state index is 10.4. The van der Waals surface area contributed by atoms with E-state index in [1.165, 1.54) is 0 Å². The van der Waals surface area contributed by atoms with Crippen molar-refractivity contribution < 1.29 is 18.9 Å². The Bertz CT molecular complexity index is 223. The molecule has 0 aromatic rings. The van der Waals surface area contributed by atoms with Crippen LogP contribution in [0.15, 0.2) is 12.7 Å². The summed E-state index contributed by atoms with van der Waals surface area (Å²) in [4.78, 5) is 17.0. The first kappa shape index (κ1) is 14.8.